The van der Waals surface area contributed by atoms with Crippen LogP contribution in [0, 0.1) is 11.6 Å². The van der Waals surface area contributed by atoms with E-state index in [-0.39, 0.29) is 19.0 Å². The van der Waals surface area contributed by atoms with Gasteiger partial charge in [0.2, 0.25) is 5.91 Å². The second kappa shape index (κ2) is 7.52. The normalized spacial score (nSPS) is 12.5. The fraction of sp³-hybridized carbons (Fsp3) is 0.462. The second-order valence-corrected chi connectivity index (χ2v) is 4.80. The van der Waals surface area contributed by atoms with Gasteiger partial charge >= 0.3 is 0 Å². The lowest BCUT2D eigenvalue weighted by Crippen LogP contribution is -2.50. The molecule has 20 heavy (non-hydrogen) atoms. The highest BCUT2D eigenvalue weighted by atomic mass is 35.5. The summed E-state index contributed by atoms with van der Waals surface area (Å²) in [5, 5.41) is 2.67. The predicted octanol–water partition coefficient (Wildman–Crippen LogP) is 1.71. The van der Waals surface area contributed by atoms with Gasteiger partial charge in [0.25, 0.3) is 0 Å². The number of carbonyl (C=O) groups excluding carboxylic acids is 1. The predicted molar refractivity (Wildman–Crippen MR) is 74.6 cm³/mol. The Bertz CT molecular complexity index is 470. The molecular formula is C13H19ClF2N2O2. The van der Waals surface area contributed by atoms with E-state index in [1.54, 1.807) is 13.8 Å². The number of carbonyl (C=O) groups is 1. The topological polar surface area (TPSA) is 64.3 Å². The maximum absolute atomic E-state index is 13.2. The van der Waals surface area contributed by atoms with Crippen molar-refractivity contribution in [2.45, 2.75) is 25.4 Å². The molecule has 1 aromatic rings. The minimum Gasteiger partial charge on any atom is -0.383 e. The summed E-state index contributed by atoms with van der Waals surface area (Å²) < 4.78 is 30.9. The fourth-order valence-corrected chi connectivity index (χ4v) is 1.61. The van der Waals surface area contributed by atoms with Crippen LogP contribution in [0.25, 0.3) is 0 Å². The van der Waals surface area contributed by atoms with E-state index in [1.807, 2.05) is 0 Å². The molecule has 0 bridgehead atoms. The Balaban J connectivity index is 0.00000361. The average Bonchev–Trinajstić information content (AvgIpc) is 2.32. The molecule has 4 nitrogen and oxygen atoms in total. The molecule has 7 heteroatoms. The van der Waals surface area contributed by atoms with Gasteiger partial charge in [0, 0.05) is 7.11 Å². The van der Waals surface area contributed by atoms with Crippen molar-refractivity contribution in [2.24, 2.45) is 5.73 Å². The van der Waals surface area contributed by atoms with Gasteiger partial charge in [0.05, 0.1) is 12.1 Å². The highest BCUT2D eigenvalue weighted by molar-refractivity contribution is 5.85. The number of halogens is 3. The largest absolute Gasteiger partial charge is 0.383 e. The van der Waals surface area contributed by atoms with Crippen LogP contribution in [0.4, 0.5) is 8.78 Å². The van der Waals surface area contributed by atoms with Crippen LogP contribution in [0.1, 0.15) is 19.4 Å². The average molecular weight is 309 g/mol. The van der Waals surface area contributed by atoms with Crippen LogP contribution in [0.3, 0.4) is 0 Å². The monoisotopic (exact) mass is 308 g/mol. The quantitative estimate of drug-likeness (QED) is 0.870. The summed E-state index contributed by atoms with van der Waals surface area (Å²) in [5.74, 6) is -2.31. The third-order valence-electron chi connectivity index (χ3n) is 2.76. The Kier molecular flexibility index (Phi) is 7.05. The van der Waals surface area contributed by atoms with Crippen LogP contribution in [-0.2, 0) is 15.1 Å². The highest BCUT2D eigenvalue weighted by Crippen LogP contribution is 2.22. The van der Waals surface area contributed by atoms with E-state index in [9.17, 15) is 13.6 Å². The zero-order valence-electron chi connectivity index (χ0n) is 11.6. The summed E-state index contributed by atoms with van der Waals surface area (Å²) in [5.41, 5.74) is 5.18. The third-order valence-corrected chi connectivity index (χ3v) is 2.76. The first-order valence-electron chi connectivity index (χ1n) is 5.80. The van der Waals surface area contributed by atoms with Crippen molar-refractivity contribution < 1.29 is 18.3 Å². The lowest BCUT2D eigenvalue weighted by Gasteiger charge is -2.28. The van der Waals surface area contributed by atoms with Gasteiger partial charge < -0.3 is 15.8 Å². The molecule has 0 aliphatic carbocycles. The van der Waals surface area contributed by atoms with Crippen molar-refractivity contribution in [3.05, 3.63) is 35.4 Å². The first-order valence-corrected chi connectivity index (χ1v) is 5.80. The molecule has 0 fully saturated rings. The lowest BCUT2D eigenvalue weighted by molar-refractivity contribution is -0.125. The molecule has 1 rings (SSSR count). The van der Waals surface area contributed by atoms with Crippen LogP contribution in [0.2, 0.25) is 0 Å². The molecule has 0 aliphatic rings. The van der Waals surface area contributed by atoms with E-state index in [0.29, 0.717) is 5.56 Å². The van der Waals surface area contributed by atoms with Gasteiger partial charge in [-0.3, -0.25) is 4.79 Å². The molecule has 0 aromatic heterocycles. The molecule has 0 aliphatic heterocycles. The van der Waals surface area contributed by atoms with Crippen molar-refractivity contribution in [3.63, 3.8) is 0 Å². The lowest BCUT2D eigenvalue weighted by atomic mass is 9.93. The van der Waals surface area contributed by atoms with Gasteiger partial charge in [0.1, 0.15) is 6.04 Å². The van der Waals surface area contributed by atoms with Gasteiger partial charge in [-0.25, -0.2) is 8.78 Å². The Morgan fingerprint density at radius 3 is 2.50 bits per heavy atom. The molecular weight excluding hydrogens is 290 g/mol. The minimum absolute atomic E-state index is 0. The van der Waals surface area contributed by atoms with E-state index >= 15 is 0 Å². The molecule has 0 saturated heterocycles. The summed E-state index contributed by atoms with van der Waals surface area (Å²) in [7, 11) is 1.44. The number of amides is 1. The van der Waals surface area contributed by atoms with Crippen LogP contribution in [0.5, 0.6) is 0 Å². The molecule has 1 unspecified atom stereocenters. The molecule has 1 aromatic carbocycles. The van der Waals surface area contributed by atoms with Crippen molar-refractivity contribution >= 4 is 18.3 Å². The van der Waals surface area contributed by atoms with Crippen LogP contribution in [0.15, 0.2) is 18.2 Å². The highest BCUT2D eigenvalue weighted by Gasteiger charge is 2.26. The SMILES string of the molecule is COCC(N)C(=O)NC(C)(C)c1ccc(F)c(F)c1.Cl. The Morgan fingerprint density at radius 1 is 1.40 bits per heavy atom. The third kappa shape index (κ3) is 4.70. The number of ether oxygens (including phenoxy) is 1. The van der Waals surface area contributed by atoms with E-state index in [4.69, 9.17) is 10.5 Å². The number of hydrogen-bond acceptors (Lipinski definition) is 3. The molecule has 3 N–H and O–H groups in total. The molecule has 1 atom stereocenters. The number of methoxy groups -OCH3 is 1. The summed E-state index contributed by atoms with van der Waals surface area (Å²) >= 11 is 0. The summed E-state index contributed by atoms with van der Waals surface area (Å²) in [4.78, 5) is 11.8. The maximum atomic E-state index is 13.2. The van der Waals surface area contributed by atoms with Gasteiger partial charge in [-0.2, -0.15) is 0 Å². The zero-order valence-corrected chi connectivity index (χ0v) is 12.4. The number of hydrogen-bond donors (Lipinski definition) is 2. The van der Waals surface area contributed by atoms with Gasteiger partial charge in [-0.05, 0) is 31.5 Å². The van der Waals surface area contributed by atoms with Gasteiger partial charge in [-0.15, -0.1) is 12.4 Å². The number of benzene rings is 1. The molecule has 0 spiro atoms. The van der Waals surface area contributed by atoms with E-state index < -0.39 is 29.1 Å². The first-order chi connectivity index (χ1) is 8.77. The van der Waals surface area contributed by atoms with Crippen molar-refractivity contribution in [1.29, 1.82) is 0 Å². The first kappa shape index (κ1) is 18.8. The number of rotatable bonds is 5. The van der Waals surface area contributed by atoms with Crippen molar-refractivity contribution in [2.75, 3.05) is 13.7 Å². The molecule has 0 heterocycles. The van der Waals surface area contributed by atoms with Crippen molar-refractivity contribution in [1.82, 2.24) is 5.32 Å². The fourth-order valence-electron chi connectivity index (χ4n) is 1.61. The standard InChI is InChI=1S/C13H18F2N2O2.ClH/c1-13(2,17-12(18)11(16)7-19-3)8-4-5-9(14)10(15)6-8;/h4-6,11H,7,16H2,1-3H3,(H,17,18);1H. The van der Waals surface area contributed by atoms with E-state index in [1.165, 1.54) is 13.2 Å². The minimum atomic E-state index is -0.957. The van der Waals surface area contributed by atoms with E-state index in [0.717, 1.165) is 12.1 Å². The Labute approximate surface area is 123 Å². The van der Waals surface area contributed by atoms with Crippen LogP contribution in [-0.4, -0.2) is 25.7 Å². The molecule has 114 valence electrons. The Morgan fingerprint density at radius 2 is 2.00 bits per heavy atom. The molecule has 0 radical (unpaired) electrons. The second-order valence-electron chi connectivity index (χ2n) is 4.80. The van der Waals surface area contributed by atoms with Crippen LogP contribution >= 0.6 is 12.4 Å². The summed E-state index contributed by atoms with van der Waals surface area (Å²) in [6, 6.07) is 2.68. The number of nitrogens with one attached hydrogen (secondary N) is 1. The maximum Gasteiger partial charge on any atom is 0.239 e. The van der Waals surface area contributed by atoms with Gasteiger partial charge in [0.15, 0.2) is 11.6 Å². The van der Waals surface area contributed by atoms with Crippen LogP contribution < -0.4 is 11.1 Å². The molecule has 1 amide bonds. The van der Waals surface area contributed by atoms with E-state index in [2.05, 4.69) is 5.32 Å². The summed E-state index contributed by atoms with van der Waals surface area (Å²) in [6.45, 7) is 3.44. The smallest absolute Gasteiger partial charge is 0.239 e. The summed E-state index contributed by atoms with van der Waals surface area (Å²) in [6.07, 6.45) is 0. The van der Waals surface area contributed by atoms with Gasteiger partial charge in [-0.1, -0.05) is 6.07 Å². The zero-order chi connectivity index (χ0) is 14.6. The Hall–Kier alpha value is -1.24. The molecule has 0 saturated carbocycles. The number of nitrogens with two attached hydrogens (primary N) is 1. The van der Waals surface area contributed by atoms with Crippen molar-refractivity contribution in [3.8, 4) is 0 Å².